The Bertz CT molecular complexity index is 822. The smallest absolute Gasteiger partial charge is 0.258 e. The molecule has 0 radical (unpaired) electrons. The minimum Gasteiger partial charge on any atom is -0.334 e. The molecule has 0 spiro atoms. The summed E-state index contributed by atoms with van der Waals surface area (Å²) in [7, 11) is 1.88. The fraction of sp³-hybridized carbons (Fsp3) is 0.267. The van der Waals surface area contributed by atoms with Crippen LogP contribution in [0.15, 0.2) is 39.6 Å². The van der Waals surface area contributed by atoms with Crippen molar-refractivity contribution in [2.75, 3.05) is 7.05 Å². The zero-order valence-electron chi connectivity index (χ0n) is 11.9. The Morgan fingerprint density at radius 2 is 2.19 bits per heavy atom. The topological polar surface area (TPSA) is 83.8 Å². The van der Waals surface area contributed by atoms with Gasteiger partial charge in [-0.2, -0.15) is 4.98 Å². The number of para-hydroxylation sites is 1. The third-order valence-electron chi connectivity index (χ3n) is 3.43. The first-order chi connectivity index (χ1) is 10.2. The number of benzene rings is 1. The predicted octanol–water partition coefficient (Wildman–Crippen LogP) is 1.73. The molecule has 0 aliphatic rings. The number of hydrogen-bond donors (Lipinski definition) is 2. The summed E-state index contributed by atoms with van der Waals surface area (Å²) in [6.45, 7) is 2.04. The molecule has 3 rings (SSSR count). The molecule has 3 aromatic rings. The zero-order chi connectivity index (χ0) is 14.8. The van der Waals surface area contributed by atoms with E-state index in [0.717, 1.165) is 10.9 Å². The van der Waals surface area contributed by atoms with Crippen LogP contribution in [0.5, 0.6) is 0 Å². The van der Waals surface area contributed by atoms with E-state index in [0.29, 0.717) is 23.7 Å². The summed E-state index contributed by atoms with van der Waals surface area (Å²) in [5, 5.41) is 7.99. The molecule has 2 aromatic heterocycles. The molecule has 0 aliphatic carbocycles. The number of H-pyrrole nitrogens is 1. The van der Waals surface area contributed by atoms with Gasteiger partial charge in [0.2, 0.25) is 5.56 Å². The first-order valence-corrected chi connectivity index (χ1v) is 6.79. The van der Waals surface area contributed by atoms with Crippen LogP contribution in [-0.2, 0) is 6.42 Å². The van der Waals surface area contributed by atoms with E-state index in [-0.39, 0.29) is 11.6 Å². The van der Waals surface area contributed by atoms with Gasteiger partial charge in [-0.05, 0) is 20.0 Å². The van der Waals surface area contributed by atoms with Crippen LogP contribution in [-0.4, -0.2) is 28.2 Å². The van der Waals surface area contributed by atoms with E-state index < -0.39 is 0 Å². The highest BCUT2D eigenvalue weighted by atomic mass is 16.5. The van der Waals surface area contributed by atoms with Gasteiger partial charge in [0.05, 0.1) is 5.56 Å². The van der Waals surface area contributed by atoms with Crippen LogP contribution in [0.3, 0.4) is 0 Å². The average molecular weight is 284 g/mol. The first kappa shape index (κ1) is 13.5. The number of aromatic amines is 1. The highest BCUT2D eigenvalue weighted by Crippen LogP contribution is 2.24. The summed E-state index contributed by atoms with van der Waals surface area (Å²) in [6.07, 6.45) is 0.668. The standard InChI is InChI=1S/C15H16N4O2/c1-9(16-2)7-13-18-15(21-19-13)11-8-14(20)17-12-6-4-3-5-10(11)12/h3-6,8-9,16H,7H2,1-2H3,(H,17,20). The van der Waals surface area contributed by atoms with E-state index >= 15 is 0 Å². The van der Waals surface area contributed by atoms with Gasteiger partial charge in [-0.3, -0.25) is 4.79 Å². The van der Waals surface area contributed by atoms with Crippen molar-refractivity contribution in [3.8, 4) is 11.5 Å². The number of nitrogens with zero attached hydrogens (tertiary/aromatic N) is 2. The van der Waals surface area contributed by atoms with Crippen molar-refractivity contribution in [2.24, 2.45) is 0 Å². The molecule has 0 aliphatic heterocycles. The largest absolute Gasteiger partial charge is 0.334 e. The van der Waals surface area contributed by atoms with Crippen molar-refractivity contribution < 1.29 is 4.52 Å². The van der Waals surface area contributed by atoms with Crippen molar-refractivity contribution in [1.29, 1.82) is 0 Å². The maximum absolute atomic E-state index is 11.8. The summed E-state index contributed by atoms with van der Waals surface area (Å²) in [6, 6.07) is 9.29. The highest BCUT2D eigenvalue weighted by molar-refractivity contribution is 5.91. The Kier molecular flexibility index (Phi) is 3.53. The van der Waals surface area contributed by atoms with Crippen LogP contribution in [0.25, 0.3) is 22.4 Å². The van der Waals surface area contributed by atoms with Crippen molar-refractivity contribution >= 4 is 10.9 Å². The molecule has 0 fully saturated rings. The molecule has 0 amide bonds. The average Bonchev–Trinajstić information content (AvgIpc) is 2.94. The van der Waals surface area contributed by atoms with Gasteiger partial charge in [-0.15, -0.1) is 0 Å². The summed E-state index contributed by atoms with van der Waals surface area (Å²) < 4.78 is 5.32. The summed E-state index contributed by atoms with van der Waals surface area (Å²) in [4.78, 5) is 18.9. The second-order valence-electron chi connectivity index (χ2n) is 5.00. The summed E-state index contributed by atoms with van der Waals surface area (Å²) in [5.74, 6) is 0.992. The maximum Gasteiger partial charge on any atom is 0.258 e. The molecule has 6 heteroatoms. The molecule has 6 nitrogen and oxygen atoms in total. The number of likely N-dealkylation sites (N-methyl/N-ethyl adjacent to an activating group) is 1. The van der Waals surface area contributed by atoms with Gasteiger partial charge in [0.15, 0.2) is 5.82 Å². The molecule has 2 N–H and O–H groups in total. The van der Waals surface area contributed by atoms with Crippen LogP contribution in [0.4, 0.5) is 0 Å². The highest BCUT2D eigenvalue weighted by Gasteiger charge is 2.14. The Morgan fingerprint density at radius 1 is 1.38 bits per heavy atom. The van der Waals surface area contributed by atoms with E-state index in [1.165, 1.54) is 6.07 Å². The minimum atomic E-state index is -0.188. The number of hydrogen-bond acceptors (Lipinski definition) is 5. The van der Waals surface area contributed by atoms with Crippen LogP contribution in [0, 0.1) is 0 Å². The number of aromatic nitrogens is 3. The Morgan fingerprint density at radius 3 is 3.00 bits per heavy atom. The normalized spacial score (nSPS) is 12.7. The van der Waals surface area contributed by atoms with Crippen molar-refractivity contribution in [3.63, 3.8) is 0 Å². The Hall–Kier alpha value is -2.47. The molecule has 0 bridgehead atoms. The lowest BCUT2D eigenvalue weighted by Crippen LogP contribution is -2.24. The van der Waals surface area contributed by atoms with E-state index in [2.05, 4.69) is 20.4 Å². The van der Waals surface area contributed by atoms with Crippen LogP contribution in [0.1, 0.15) is 12.7 Å². The number of fused-ring (bicyclic) bond motifs is 1. The van der Waals surface area contributed by atoms with Crippen LogP contribution < -0.4 is 10.9 Å². The fourth-order valence-corrected chi connectivity index (χ4v) is 2.20. The Labute approximate surface area is 121 Å². The monoisotopic (exact) mass is 284 g/mol. The SMILES string of the molecule is CNC(C)Cc1noc(-c2cc(=O)[nH]c3ccccc23)n1. The molecule has 1 aromatic carbocycles. The molecule has 0 saturated heterocycles. The number of rotatable bonds is 4. The quantitative estimate of drug-likeness (QED) is 0.762. The molecular weight excluding hydrogens is 268 g/mol. The van der Waals surface area contributed by atoms with Gasteiger partial charge < -0.3 is 14.8 Å². The van der Waals surface area contributed by atoms with Crippen molar-refractivity contribution in [2.45, 2.75) is 19.4 Å². The van der Waals surface area contributed by atoms with E-state index in [4.69, 9.17) is 4.52 Å². The maximum atomic E-state index is 11.8. The minimum absolute atomic E-state index is 0.188. The summed E-state index contributed by atoms with van der Waals surface area (Å²) >= 11 is 0. The molecule has 1 atom stereocenters. The van der Waals surface area contributed by atoms with E-state index in [1.54, 1.807) is 0 Å². The molecule has 0 saturated carbocycles. The van der Waals surface area contributed by atoms with Gasteiger partial charge in [-0.1, -0.05) is 23.4 Å². The van der Waals surface area contributed by atoms with Gasteiger partial charge in [0, 0.05) is 29.4 Å². The molecule has 108 valence electrons. The second-order valence-corrected chi connectivity index (χ2v) is 5.00. The zero-order valence-corrected chi connectivity index (χ0v) is 11.9. The van der Waals surface area contributed by atoms with E-state index in [9.17, 15) is 4.79 Å². The lowest BCUT2D eigenvalue weighted by molar-refractivity contribution is 0.418. The lowest BCUT2D eigenvalue weighted by Gasteiger charge is -2.04. The fourth-order valence-electron chi connectivity index (χ4n) is 2.20. The van der Waals surface area contributed by atoms with Crippen LogP contribution in [0.2, 0.25) is 0 Å². The molecule has 1 unspecified atom stereocenters. The van der Waals surface area contributed by atoms with E-state index in [1.807, 2.05) is 38.2 Å². The van der Waals surface area contributed by atoms with Gasteiger partial charge in [0.25, 0.3) is 5.89 Å². The third kappa shape index (κ3) is 2.71. The van der Waals surface area contributed by atoms with Crippen molar-refractivity contribution in [1.82, 2.24) is 20.4 Å². The predicted molar refractivity (Wildman–Crippen MR) is 80.1 cm³/mol. The van der Waals surface area contributed by atoms with Gasteiger partial charge in [0.1, 0.15) is 0 Å². The Balaban J connectivity index is 2.06. The first-order valence-electron chi connectivity index (χ1n) is 6.79. The van der Waals surface area contributed by atoms with Gasteiger partial charge in [-0.25, -0.2) is 0 Å². The lowest BCUT2D eigenvalue weighted by atomic mass is 10.1. The van der Waals surface area contributed by atoms with Gasteiger partial charge >= 0.3 is 0 Å². The third-order valence-corrected chi connectivity index (χ3v) is 3.43. The number of pyridine rings is 1. The number of nitrogens with one attached hydrogen (secondary N) is 2. The second kappa shape index (κ2) is 5.49. The molecule has 2 heterocycles. The van der Waals surface area contributed by atoms with Crippen molar-refractivity contribution in [3.05, 3.63) is 46.5 Å². The molecule has 21 heavy (non-hydrogen) atoms. The molecular formula is C15H16N4O2. The van der Waals surface area contributed by atoms with Crippen LogP contribution >= 0.6 is 0 Å². The summed E-state index contributed by atoms with van der Waals surface area (Å²) in [5.41, 5.74) is 1.22.